The Bertz CT molecular complexity index is 345. The number of nitrogens with zero attached hydrogens (tertiary/aromatic N) is 2. The van der Waals surface area contributed by atoms with E-state index in [9.17, 15) is 0 Å². The molecule has 1 fully saturated rings. The highest BCUT2D eigenvalue weighted by atomic mass is 15.1. The van der Waals surface area contributed by atoms with Crippen molar-refractivity contribution in [2.24, 2.45) is 0 Å². The van der Waals surface area contributed by atoms with E-state index in [1.807, 2.05) is 6.07 Å². The molecule has 0 radical (unpaired) electrons. The zero-order valence-electron chi connectivity index (χ0n) is 9.65. The Kier molecular flexibility index (Phi) is 3.62. The number of likely N-dealkylation sites (tertiary alicyclic amines) is 1. The van der Waals surface area contributed by atoms with Crippen molar-refractivity contribution >= 4 is 11.5 Å². The fourth-order valence-electron chi connectivity index (χ4n) is 2.24. The smallest absolute Gasteiger partial charge is 0.126 e. The maximum Gasteiger partial charge on any atom is 0.126 e. The standard InChI is InChI=1S/C12H20N4/c13-11-8-10(12(14)15-9-11)4-3-7-16-5-1-2-6-16/h8-9H,1-7,13H2,(H2,14,15). The van der Waals surface area contributed by atoms with Crippen LogP contribution < -0.4 is 11.5 Å². The molecular formula is C12H20N4. The Morgan fingerprint density at radius 2 is 2.00 bits per heavy atom. The predicted molar refractivity (Wildman–Crippen MR) is 67.1 cm³/mol. The Morgan fingerprint density at radius 3 is 2.75 bits per heavy atom. The van der Waals surface area contributed by atoms with Gasteiger partial charge in [-0.25, -0.2) is 4.98 Å². The van der Waals surface area contributed by atoms with Crippen LogP contribution in [0.25, 0.3) is 0 Å². The van der Waals surface area contributed by atoms with Gasteiger partial charge in [-0.1, -0.05) is 0 Å². The molecule has 1 aromatic heterocycles. The van der Waals surface area contributed by atoms with Crippen molar-refractivity contribution in [2.45, 2.75) is 25.7 Å². The van der Waals surface area contributed by atoms with Crippen molar-refractivity contribution in [3.8, 4) is 0 Å². The normalized spacial score (nSPS) is 16.8. The molecule has 0 atom stereocenters. The summed E-state index contributed by atoms with van der Waals surface area (Å²) in [6.07, 6.45) is 6.42. The third-order valence-electron chi connectivity index (χ3n) is 3.14. The summed E-state index contributed by atoms with van der Waals surface area (Å²) in [5.74, 6) is 0.621. The van der Waals surface area contributed by atoms with Gasteiger partial charge in [0.05, 0.1) is 11.9 Å². The lowest BCUT2D eigenvalue weighted by molar-refractivity contribution is 0.334. The van der Waals surface area contributed by atoms with Gasteiger partial charge in [0.1, 0.15) is 5.82 Å². The predicted octanol–water partition coefficient (Wildman–Crippen LogP) is 1.27. The maximum atomic E-state index is 5.80. The molecule has 1 aromatic rings. The molecule has 2 rings (SSSR count). The third kappa shape index (κ3) is 2.85. The van der Waals surface area contributed by atoms with Gasteiger partial charge in [0.25, 0.3) is 0 Å². The van der Waals surface area contributed by atoms with Crippen LogP contribution in [0.3, 0.4) is 0 Å². The monoisotopic (exact) mass is 220 g/mol. The zero-order chi connectivity index (χ0) is 11.4. The van der Waals surface area contributed by atoms with Crippen LogP contribution >= 0.6 is 0 Å². The number of anilines is 2. The van der Waals surface area contributed by atoms with Crippen molar-refractivity contribution in [1.82, 2.24) is 9.88 Å². The maximum absolute atomic E-state index is 5.80. The molecule has 0 spiro atoms. The molecule has 1 aliphatic rings. The lowest BCUT2D eigenvalue weighted by Crippen LogP contribution is -2.20. The largest absolute Gasteiger partial charge is 0.397 e. The third-order valence-corrected chi connectivity index (χ3v) is 3.14. The van der Waals surface area contributed by atoms with E-state index < -0.39 is 0 Å². The summed E-state index contributed by atoms with van der Waals surface area (Å²) in [6.45, 7) is 3.67. The molecular weight excluding hydrogens is 200 g/mol. The second kappa shape index (κ2) is 5.16. The average molecular weight is 220 g/mol. The van der Waals surface area contributed by atoms with E-state index in [0.29, 0.717) is 11.5 Å². The van der Waals surface area contributed by atoms with E-state index in [-0.39, 0.29) is 0 Å². The number of aromatic nitrogens is 1. The number of nitrogen functional groups attached to an aromatic ring is 2. The minimum Gasteiger partial charge on any atom is -0.397 e. The van der Waals surface area contributed by atoms with Gasteiger partial charge >= 0.3 is 0 Å². The minimum atomic E-state index is 0.621. The van der Waals surface area contributed by atoms with Crippen molar-refractivity contribution in [3.05, 3.63) is 17.8 Å². The number of pyridine rings is 1. The van der Waals surface area contributed by atoms with Gasteiger partial charge in [0.15, 0.2) is 0 Å². The van der Waals surface area contributed by atoms with Crippen LogP contribution in [-0.2, 0) is 6.42 Å². The molecule has 2 heterocycles. The quantitative estimate of drug-likeness (QED) is 0.802. The van der Waals surface area contributed by atoms with E-state index in [1.165, 1.54) is 25.9 Å². The topological polar surface area (TPSA) is 68.2 Å². The second-order valence-electron chi connectivity index (χ2n) is 4.47. The van der Waals surface area contributed by atoms with E-state index >= 15 is 0 Å². The van der Waals surface area contributed by atoms with Crippen LogP contribution in [0.15, 0.2) is 12.3 Å². The summed E-state index contributed by atoms with van der Waals surface area (Å²) in [5, 5.41) is 0. The van der Waals surface area contributed by atoms with Gasteiger partial charge in [-0.15, -0.1) is 0 Å². The molecule has 4 N–H and O–H groups in total. The lowest BCUT2D eigenvalue weighted by atomic mass is 10.1. The van der Waals surface area contributed by atoms with Gasteiger partial charge in [-0.2, -0.15) is 0 Å². The molecule has 1 saturated heterocycles. The van der Waals surface area contributed by atoms with Crippen LogP contribution in [0, 0.1) is 0 Å². The number of hydrogen-bond donors (Lipinski definition) is 2. The first-order valence-corrected chi connectivity index (χ1v) is 5.98. The SMILES string of the molecule is Nc1cnc(N)c(CCCN2CCCC2)c1. The van der Waals surface area contributed by atoms with Crippen molar-refractivity contribution in [3.63, 3.8) is 0 Å². The van der Waals surface area contributed by atoms with Crippen molar-refractivity contribution < 1.29 is 0 Å². The van der Waals surface area contributed by atoms with E-state index in [1.54, 1.807) is 6.20 Å². The summed E-state index contributed by atoms with van der Waals surface area (Å²) in [7, 11) is 0. The van der Waals surface area contributed by atoms with Gasteiger partial charge in [0.2, 0.25) is 0 Å². The molecule has 0 amide bonds. The lowest BCUT2D eigenvalue weighted by Gasteiger charge is -2.14. The van der Waals surface area contributed by atoms with Gasteiger partial charge < -0.3 is 16.4 Å². The molecule has 88 valence electrons. The summed E-state index contributed by atoms with van der Waals surface area (Å²) in [6, 6.07) is 1.94. The molecule has 4 nitrogen and oxygen atoms in total. The molecule has 0 saturated carbocycles. The van der Waals surface area contributed by atoms with Crippen molar-refractivity contribution in [1.29, 1.82) is 0 Å². The molecule has 0 bridgehead atoms. The molecule has 16 heavy (non-hydrogen) atoms. The average Bonchev–Trinajstić information content (AvgIpc) is 2.76. The highest BCUT2D eigenvalue weighted by molar-refractivity contribution is 5.48. The summed E-state index contributed by atoms with van der Waals surface area (Å²) in [4.78, 5) is 6.58. The first-order valence-electron chi connectivity index (χ1n) is 5.98. The molecule has 4 heteroatoms. The number of rotatable bonds is 4. The number of nitrogens with two attached hydrogens (primary N) is 2. The Morgan fingerprint density at radius 1 is 1.25 bits per heavy atom. The number of aryl methyl sites for hydroxylation is 1. The second-order valence-corrected chi connectivity index (χ2v) is 4.47. The van der Waals surface area contributed by atoms with Crippen LogP contribution in [0.5, 0.6) is 0 Å². The first kappa shape index (κ1) is 11.2. The Labute approximate surface area is 96.6 Å². The van der Waals surface area contributed by atoms with Crippen LogP contribution in [0.2, 0.25) is 0 Å². The highest BCUT2D eigenvalue weighted by Gasteiger charge is 2.10. The van der Waals surface area contributed by atoms with Crippen LogP contribution in [0.1, 0.15) is 24.8 Å². The first-order chi connectivity index (χ1) is 7.75. The van der Waals surface area contributed by atoms with E-state index in [0.717, 1.165) is 24.9 Å². The summed E-state index contributed by atoms with van der Waals surface area (Å²) in [5.41, 5.74) is 13.3. The van der Waals surface area contributed by atoms with Crippen LogP contribution in [-0.4, -0.2) is 29.5 Å². The molecule has 0 aromatic carbocycles. The van der Waals surface area contributed by atoms with E-state index in [2.05, 4.69) is 9.88 Å². The van der Waals surface area contributed by atoms with E-state index in [4.69, 9.17) is 11.5 Å². The van der Waals surface area contributed by atoms with Gasteiger partial charge in [-0.05, 0) is 56.9 Å². The molecule has 0 unspecified atom stereocenters. The fraction of sp³-hybridized carbons (Fsp3) is 0.583. The summed E-state index contributed by atoms with van der Waals surface area (Å²) >= 11 is 0. The number of hydrogen-bond acceptors (Lipinski definition) is 4. The fourth-order valence-corrected chi connectivity index (χ4v) is 2.24. The Hall–Kier alpha value is -1.29. The van der Waals surface area contributed by atoms with Gasteiger partial charge in [0, 0.05) is 0 Å². The minimum absolute atomic E-state index is 0.621. The van der Waals surface area contributed by atoms with Crippen molar-refractivity contribution in [2.75, 3.05) is 31.1 Å². The Balaban J connectivity index is 1.82. The van der Waals surface area contributed by atoms with Gasteiger partial charge in [-0.3, -0.25) is 0 Å². The van der Waals surface area contributed by atoms with Crippen LogP contribution in [0.4, 0.5) is 11.5 Å². The summed E-state index contributed by atoms with van der Waals surface area (Å²) < 4.78 is 0. The zero-order valence-corrected chi connectivity index (χ0v) is 9.65. The molecule has 0 aliphatic carbocycles. The molecule has 1 aliphatic heterocycles. The highest BCUT2D eigenvalue weighted by Crippen LogP contribution is 2.15.